The van der Waals surface area contributed by atoms with Crippen LogP contribution >= 0.6 is 0 Å². The van der Waals surface area contributed by atoms with Crippen LogP contribution in [0.4, 0.5) is 5.69 Å². The minimum atomic E-state index is 0.469. The molecule has 0 bridgehead atoms. The maximum atomic E-state index is 5.54. The van der Waals surface area contributed by atoms with Crippen LogP contribution in [0.3, 0.4) is 0 Å². The average molecular weight is 472 g/mol. The first-order chi connectivity index (χ1) is 17.1. The number of rotatable bonds is 4. The third-order valence-corrected chi connectivity index (χ3v) is 7.53. The highest BCUT2D eigenvalue weighted by atomic mass is 16.5. The van der Waals surface area contributed by atoms with Gasteiger partial charge < -0.3 is 19.5 Å². The molecule has 1 aromatic carbocycles. The predicted molar refractivity (Wildman–Crippen MR) is 139 cm³/mol. The second-order valence-corrected chi connectivity index (χ2v) is 10.00. The molecular weight excluding hydrogens is 438 g/mol. The van der Waals surface area contributed by atoms with E-state index < -0.39 is 0 Å². The van der Waals surface area contributed by atoms with Crippen LogP contribution in [0.15, 0.2) is 36.8 Å². The van der Waals surface area contributed by atoms with Crippen molar-refractivity contribution in [3.8, 4) is 22.4 Å². The lowest BCUT2D eigenvalue weighted by atomic mass is 10.00. The number of aryl methyl sites for hydroxylation is 2. The van der Waals surface area contributed by atoms with Gasteiger partial charge in [-0.3, -0.25) is 4.68 Å². The number of nitrogens with zero attached hydrogens (tertiary/aromatic N) is 6. The Balaban J connectivity index is 1.32. The van der Waals surface area contributed by atoms with Crippen molar-refractivity contribution in [2.45, 2.75) is 32.7 Å². The minimum absolute atomic E-state index is 0.469. The Labute approximate surface area is 205 Å². The largest absolute Gasteiger partial charge is 0.378 e. The Hall–Kier alpha value is -3.23. The van der Waals surface area contributed by atoms with Crippen LogP contribution in [-0.2, 0) is 4.74 Å². The molecule has 2 aliphatic rings. The molecule has 2 fully saturated rings. The lowest BCUT2D eigenvalue weighted by Gasteiger charge is -2.31. The highest BCUT2D eigenvalue weighted by Gasteiger charge is 2.21. The quantitative estimate of drug-likeness (QED) is 0.481. The first-order valence-corrected chi connectivity index (χ1v) is 12.6. The molecule has 8 nitrogen and oxygen atoms in total. The van der Waals surface area contributed by atoms with Crippen LogP contribution in [0, 0.1) is 13.8 Å². The van der Waals surface area contributed by atoms with Crippen molar-refractivity contribution in [2.75, 3.05) is 51.3 Å². The Morgan fingerprint density at radius 2 is 1.69 bits per heavy atom. The number of H-pyrrole nitrogens is 1. The summed E-state index contributed by atoms with van der Waals surface area (Å²) in [6, 6.07) is 7.09. The van der Waals surface area contributed by atoms with Crippen molar-refractivity contribution in [1.29, 1.82) is 0 Å². The summed E-state index contributed by atoms with van der Waals surface area (Å²) >= 11 is 0. The van der Waals surface area contributed by atoms with E-state index in [0.717, 1.165) is 85.7 Å². The molecule has 0 radical (unpaired) electrons. The normalized spacial score (nSPS) is 18.0. The van der Waals surface area contributed by atoms with Gasteiger partial charge in [-0.05, 0) is 76.2 Å². The first-order valence-electron chi connectivity index (χ1n) is 12.6. The lowest BCUT2D eigenvalue weighted by Crippen LogP contribution is -2.37. The van der Waals surface area contributed by atoms with E-state index in [2.05, 4.69) is 75.0 Å². The third-order valence-electron chi connectivity index (χ3n) is 7.53. The molecule has 2 aliphatic heterocycles. The number of hydrogen-bond acceptors (Lipinski definition) is 6. The number of benzene rings is 1. The number of ether oxygens (including phenoxy) is 1. The number of nitrogens with one attached hydrogen (secondary N) is 1. The van der Waals surface area contributed by atoms with Gasteiger partial charge in [-0.1, -0.05) is 0 Å². The van der Waals surface area contributed by atoms with Crippen molar-refractivity contribution in [3.63, 3.8) is 0 Å². The molecule has 1 N–H and O–H groups in total. The monoisotopic (exact) mass is 471 g/mol. The van der Waals surface area contributed by atoms with E-state index in [-0.39, 0.29) is 0 Å². The maximum absolute atomic E-state index is 5.54. The zero-order chi connectivity index (χ0) is 23.9. The summed E-state index contributed by atoms with van der Waals surface area (Å²) in [6.45, 7) is 10.1. The van der Waals surface area contributed by atoms with Crippen molar-refractivity contribution >= 4 is 16.7 Å². The zero-order valence-electron chi connectivity index (χ0n) is 20.8. The molecule has 0 spiro atoms. The first kappa shape index (κ1) is 22.2. The van der Waals surface area contributed by atoms with E-state index >= 15 is 0 Å². The highest BCUT2D eigenvalue weighted by molar-refractivity contribution is 5.95. The summed E-state index contributed by atoms with van der Waals surface area (Å²) in [5.41, 5.74) is 8.86. The molecule has 182 valence electrons. The Morgan fingerprint density at radius 1 is 0.943 bits per heavy atom. The van der Waals surface area contributed by atoms with E-state index in [4.69, 9.17) is 9.84 Å². The predicted octanol–water partition coefficient (Wildman–Crippen LogP) is 4.21. The van der Waals surface area contributed by atoms with Crippen molar-refractivity contribution in [1.82, 2.24) is 29.9 Å². The van der Waals surface area contributed by atoms with E-state index in [1.807, 2.05) is 12.4 Å². The second-order valence-electron chi connectivity index (χ2n) is 10.00. The van der Waals surface area contributed by atoms with Crippen LogP contribution in [0.5, 0.6) is 0 Å². The number of anilines is 1. The molecule has 8 heteroatoms. The molecule has 5 heterocycles. The molecule has 0 saturated carbocycles. The Morgan fingerprint density at radius 3 is 2.43 bits per heavy atom. The van der Waals surface area contributed by atoms with Crippen LogP contribution in [0.25, 0.3) is 33.4 Å². The van der Waals surface area contributed by atoms with Crippen LogP contribution in [0.1, 0.15) is 30.0 Å². The summed E-state index contributed by atoms with van der Waals surface area (Å²) in [5, 5.41) is 14.9. The number of aromatic nitrogens is 5. The second kappa shape index (κ2) is 9.09. The summed E-state index contributed by atoms with van der Waals surface area (Å²) in [7, 11) is 2.19. The van der Waals surface area contributed by atoms with Crippen LogP contribution in [-0.4, -0.2) is 76.3 Å². The molecule has 4 aromatic rings. The van der Waals surface area contributed by atoms with Gasteiger partial charge in [0.1, 0.15) is 0 Å². The molecule has 0 aliphatic carbocycles. The molecule has 6 rings (SSSR count). The number of morpholine rings is 1. The lowest BCUT2D eigenvalue weighted by molar-refractivity contribution is 0.122. The van der Waals surface area contributed by atoms with E-state index in [1.54, 1.807) is 0 Å². The number of fused-ring (bicyclic) bond motifs is 1. The fraction of sp³-hybridized carbons (Fsp3) is 0.444. The molecule has 3 aromatic heterocycles. The van der Waals surface area contributed by atoms with Crippen LogP contribution in [0.2, 0.25) is 0 Å². The number of hydrogen-bond donors (Lipinski definition) is 1. The van der Waals surface area contributed by atoms with Gasteiger partial charge in [-0.15, -0.1) is 10.2 Å². The molecule has 0 amide bonds. The van der Waals surface area contributed by atoms with E-state index in [9.17, 15) is 0 Å². The van der Waals surface area contributed by atoms with Gasteiger partial charge in [0.15, 0.2) is 5.65 Å². The fourth-order valence-electron chi connectivity index (χ4n) is 5.63. The Bertz CT molecular complexity index is 1320. The van der Waals surface area contributed by atoms with Gasteiger partial charge >= 0.3 is 0 Å². The third kappa shape index (κ3) is 4.21. The molecule has 35 heavy (non-hydrogen) atoms. The van der Waals surface area contributed by atoms with Crippen molar-refractivity contribution < 1.29 is 4.74 Å². The van der Waals surface area contributed by atoms with Gasteiger partial charge in [-0.2, -0.15) is 5.10 Å². The standard InChI is InChI=1S/C27H33N7O/c1-18-12-20(13-19(2)26(18)33-8-10-35-11-9-33)25-14-23-24(16-28-27(23)31-30-25)21-15-29-34(17-21)22-4-6-32(3)7-5-22/h12-17,22H,4-11H2,1-3H3,(H,28,31). The number of piperidine rings is 1. The van der Waals surface area contributed by atoms with E-state index in [0.29, 0.717) is 6.04 Å². The minimum Gasteiger partial charge on any atom is -0.378 e. The number of aromatic amines is 1. The Kier molecular flexibility index (Phi) is 5.78. The van der Waals surface area contributed by atoms with Gasteiger partial charge in [0.05, 0.1) is 31.1 Å². The van der Waals surface area contributed by atoms with E-state index in [1.165, 1.54) is 16.8 Å². The smallest absolute Gasteiger partial charge is 0.160 e. The summed E-state index contributed by atoms with van der Waals surface area (Å²) in [6.07, 6.45) is 8.47. The molecular formula is C27H33N7O. The van der Waals surface area contributed by atoms with Gasteiger partial charge in [-0.25, -0.2) is 0 Å². The van der Waals surface area contributed by atoms with Gasteiger partial charge in [0.2, 0.25) is 0 Å². The molecule has 0 atom stereocenters. The SMILES string of the molecule is Cc1cc(-c2cc3c(-c4cnn(C5CCN(C)CC5)c4)c[nH]c3nn2)cc(C)c1N1CCOCC1. The molecule has 2 saturated heterocycles. The highest BCUT2D eigenvalue weighted by Crippen LogP contribution is 2.34. The summed E-state index contributed by atoms with van der Waals surface area (Å²) < 4.78 is 7.69. The van der Waals surface area contributed by atoms with Crippen molar-refractivity contribution in [3.05, 3.63) is 47.9 Å². The fourth-order valence-corrected chi connectivity index (χ4v) is 5.63. The topological polar surface area (TPSA) is 75.1 Å². The van der Waals surface area contributed by atoms with Gasteiger partial charge in [0.25, 0.3) is 0 Å². The maximum Gasteiger partial charge on any atom is 0.160 e. The summed E-state index contributed by atoms with van der Waals surface area (Å²) in [5.74, 6) is 0. The number of likely N-dealkylation sites (tertiary alicyclic amines) is 1. The van der Waals surface area contributed by atoms with Crippen molar-refractivity contribution in [2.24, 2.45) is 0 Å². The average Bonchev–Trinajstić information content (AvgIpc) is 3.51. The zero-order valence-corrected chi connectivity index (χ0v) is 20.8. The van der Waals surface area contributed by atoms with Gasteiger partial charge in [0, 0.05) is 53.2 Å². The summed E-state index contributed by atoms with van der Waals surface area (Å²) in [4.78, 5) is 8.12. The van der Waals surface area contributed by atoms with Crippen LogP contribution < -0.4 is 4.90 Å². The molecule has 0 unspecified atom stereocenters.